The molecule has 0 saturated heterocycles. The van der Waals surface area contributed by atoms with Gasteiger partial charge in [0.25, 0.3) is 0 Å². The molecule has 1 aromatic rings. The third-order valence-corrected chi connectivity index (χ3v) is 17.6. The largest absolute Gasteiger partial charge is 0.481 e. The first kappa shape index (κ1) is 101. The van der Waals surface area contributed by atoms with Crippen LogP contribution in [0.2, 0.25) is 0 Å². The predicted octanol–water partition coefficient (Wildman–Crippen LogP) is -9.07. The van der Waals surface area contributed by atoms with E-state index in [2.05, 4.69) is 121 Å². The number of nitrogens with one attached hydrogen (secondary N) is 20. The number of nitrogens with two attached hydrogens (primary N) is 4. The Hall–Kier alpha value is -11.6. The highest BCUT2D eigenvalue weighted by molar-refractivity contribution is 7.80. The lowest BCUT2D eigenvalue weighted by atomic mass is 9.97. The van der Waals surface area contributed by atoms with Crippen molar-refractivity contribution in [2.24, 2.45) is 40.7 Å². The standard InChI is InChI=1S/C69H114N24O20S2/c1-11-34(6)54(67(113)90-44(25-48(70)95)62(108)87-40(55(71)101)19-15-21-76-68(72)73)93-65(111)47(31-115)91-63(109)45(26-52(99)100)85-51(98)28-79-59(105)43(24-39-17-13-12-14-18-39)89-57(103)36(8)81-56(102)35(7)83-61(107)42(23-32(2)3)88-58(104)37(9)82-60(106)41(20-16-22-77-69(74)75)84-50(97)29-80-66(112)53(33(4)5)92-64(110)46(30-114)86-49(96)27-78-38(10)94/h12-14,17-18,32-37,40-47,53-54,114-115H,11,15-16,19-31H2,1-10H3,(H2,70,95)(H2,71,101)(H,78,94)(H,79,105)(H,80,112)(H,81,102)(H,82,106)(H,83,107)(H,84,97)(H,85,98)(H,86,96)(H,87,108)(H,88,104)(H,89,103)(H,90,113)(H,91,109)(H,92,110)(H,93,111)(H,99,100)(H4,72,73,76)(H4,74,75,77)/t34-,35-,36-,37-,40-,41-,42-,43-,44-,45-,46-,47-,53-,54-/m0/s1. The molecule has 0 aliphatic heterocycles. The van der Waals surface area contributed by atoms with Crippen LogP contribution >= 0.6 is 25.3 Å². The molecule has 0 fully saturated rings. The Bertz CT molecular complexity index is 3600. The molecule has 642 valence electrons. The van der Waals surface area contributed by atoms with Gasteiger partial charge in [0.2, 0.25) is 106 Å². The molecule has 0 radical (unpaired) electrons. The molecule has 0 aromatic heterocycles. The summed E-state index contributed by atoms with van der Waals surface area (Å²) in [6.07, 6.45) is -1.69. The van der Waals surface area contributed by atoms with Crippen molar-refractivity contribution >= 4 is 149 Å². The number of rotatable bonds is 53. The molecule has 0 heterocycles. The normalized spacial score (nSPS) is 14.5. The van der Waals surface area contributed by atoms with E-state index in [1.165, 1.54) is 34.6 Å². The maximum absolute atomic E-state index is 13.9. The first-order chi connectivity index (χ1) is 53.8. The number of hydrogen-bond acceptors (Lipinski definition) is 23. The predicted molar refractivity (Wildman–Crippen MR) is 422 cm³/mol. The molecule has 0 bridgehead atoms. The molecule has 18 amide bonds. The van der Waals surface area contributed by atoms with Crippen LogP contribution in [0.25, 0.3) is 0 Å². The van der Waals surface area contributed by atoms with Gasteiger partial charge in [0.15, 0.2) is 11.9 Å². The minimum atomic E-state index is -1.93. The highest BCUT2D eigenvalue weighted by Gasteiger charge is 2.38. The Labute approximate surface area is 675 Å². The van der Waals surface area contributed by atoms with Crippen molar-refractivity contribution in [1.29, 1.82) is 10.8 Å². The maximum atomic E-state index is 13.9. The maximum Gasteiger partial charge on any atom is 0.305 e. The number of carboxylic acids is 1. The van der Waals surface area contributed by atoms with Crippen molar-refractivity contribution in [3.05, 3.63) is 35.9 Å². The molecule has 44 nitrogen and oxygen atoms in total. The van der Waals surface area contributed by atoms with E-state index in [1.54, 1.807) is 65.0 Å². The molecule has 0 saturated carbocycles. The molecule has 0 aliphatic carbocycles. The molecule has 29 N–H and O–H groups in total. The van der Waals surface area contributed by atoms with Gasteiger partial charge in [-0.2, -0.15) is 25.3 Å². The van der Waals surface area contributed by atoms with Gasteiger partial charge in [-0.15, -0.1) is 0 Å². The summed E-state index contributed by atoms with van der Waals surface area (Å²) in [7, 11) is 0. The summed E-state index contributed by atoms with van der Waals surface area (Å²) >= 11 is 8.26. The van der Waals surface area contributed by atoms with Crippen molar-refractivity contribution in [3.63, 3.8) is 0 Å². The zero-order valence-electron chi connectivity index (χ0n) is 65.8. The second-order valence-electron chi connectivity index (χ2n) is 27.6. The van der Waals surface area contributed by atoms with Gasteiger partial charge in [-0.25, -0.2) is 0 Å². The molecular formula is C69H114N24O20S2. The van der Waals surface area contributed by atoms with Gasteiger partial charge < -0.3 is 124 Å². The number of thiol groups is 2. The average Bonchev–Trinajstić information content (AvgIpc) is 0.812. The van der Waals surface area contributed by atoms with Crippen LogP contribution in [0.3, 0.4) is 0 Å². The molecule has 1 aromatic carbocycles. The van der Waals surface area contributed by atoms with E-state index in [0.29, 0.717) is 5.56 Å². The van der Waals surface area contributed by atoms with Gasteiger partial charge in [-0.1, -0.05) is 78.3 Å². The quantitative estimate of drug-likeness (QED) is 0.0125. The minimum Gasteiger partial charge on any atom is -0.481 e. The van der Waals surface area contributed by atoms with Gasteiger partial charge in [-0.3, -0.25) is 102 Å². The summed E-state index contributed by atoms with van der Waals surface area (Å²) in [4.78, 5) is 251. The van der Waals surface area contributed by atoms with Crippen LogP contribution in [0.4, 0.5) is 0 Å². The van der Waals surface area contributed by atoms with Crippen LogP contribution in [0.15, 0.2) is 30.3 Å². The van der Waals surface area contributed by atoms with Crippen LogP contribution in [0.1, 0.15) is 126 Å². The fraction of sp³-hybridized carbons (Fsp3) is 0.609. The number of hydrogen-bond donors (Lipinski definition) is 27. The number of carbonyl (C=O) groups excluding carboxylic acids is 18. The first-order valence-electron chi connectivity index (χ1n) is 36.8. The number of primary amides is 2. The number of guanidine groups is 2. The van der Waals surface area contributed by atoms with Crippen LogP contribution in [-0.2, 0) is 97.5 Å². The SMILES string of the molecule is CC[C@H](C)[C@H](NC(=O)[C@H](CS)NC(=O)[C@H](CC(=O)O)NC(=O)CNC(=O)[C@H](Cc1ccccc1)NC(=O)[C@H](C)NC(=O)[C@H](C)NC(=O)[C@H](CC(C)C)NC(=O)[C@H](C)NC(=O)[C@H](CCCNC(=N)N)NC(=O)CNC(=O)[C@@H](NC(=O)[C@H](CS)NC(=O)CNC(C)=O)C(C)C)C(=O)N[C@@H](CC(N)=O)C(=O)N[C@@H](CCCNC(=N)N)C(N)=O. The Balaban J connectivity index is 3.23. The third kappa shape index (κ3) is 40.6. The summed E-state index contributed by atoms with van der Waals surface area (Å²) in [5.41, 5.74) is 22.0. The van der Waals surface area contributed by atoms with E-state index in [-0.39, 0.29) is 81.6 Å². The lowest BCUT2D eigenvalue weighted by Gasteiger charge is -2.28. The van der Waals surface area contributed by atoms with Crippen LogP contribution < -0.4 is 119 Å². The molecule has 0 unspecified atom stereocenters. The number of benzene rings is 1. The molecule has 14 atom stereocenters. The highest BCUT2D eigenvalue weighted by Crippen LogP contribution is 2.13. The van der Waals surface area contributed by atoms with Gasteiger partial charge >= 0.3 is 5.97 Å². The second kappa shape index (κ2) is 52.7. The Morgan fingerprint density at radius 1 is 0.409 bits per heavy atom. The first-order valence-corrected chi connectivity index (χ1v) is 38.0. The second-order valence-corrected chi connectivity index (χ2v) is 28.4. The molecule has 1 rings (SSSR count). The lowest BCUT2D eigenvalue weighted by molar-refractivity contribution is -0.141. The van der Waals surface area contributed by atoms with E-state index in [4.69, 9.17) is 33.8 Å². The summed E-state index contributed by atoms with van der Waals surface area (Å²) in [6, 6.07) is -10.8. The fourth-order valence-corrected chi connectivity index (χ4v) is 10.9. The van der Waals surface area contributed by atoms with Crippen LogP contribution in [-0.4, -0.2) is 252 Å². The molecule has 115 heavy (non-hydrogen) atoms. The van der Waals surface area contributed by atoms with Crippen LogP contribution in [0.5, 0.6) is 0 Å². The smallest absolute Gasteiger partial charge is 0.305 e. The number of aliphatic carboxylic acids is 1. The summed E-state index contributed by atoms with van der Waals surface area (Å²) in [5, 5.41) is 68.1. The van der Waals surface area contributed by atoms with Crippen molar-refractivity contribution in [1.82, 2.24) is 95.7 Å². The topological polar surface area (TPSA) is 713 Å². The Kier molecular flexibility index (Phi) is 46.4. The van der Waals surface area contributed by atoms with E-state index >= 15 is 0 Å². The average molecular weight is 1660 g/mol. The monoisotopic (exact) mass is 1660 g/mol. The molecule has 0 spiro atoms. The Morgan fingerprint density at radius 3 is 1.24 bits per heavy atom. The number of carboxylic acid groups (broad SMARTS) is 1. The fourth-order valence-electron chi connectivity index (χ4n) is 10.4. The van der Waals surface area contributed by atoms with Gasteiger partial charge in [0, 0.05) is 37.9 Å². The number of carbonyl (C=O) groups is 19. The highest BCUT2D eigenvalue weighted by atomic mass is 32.1. The van der Waals surface area contributed by atoms with Gasteiger partial charge in [0.05, 0.1) is 32.5 Å². The van der Waals surface area contributed by atoms with E-state index in [9.17, 15) is 96.2 Å². The molecular weight excluding hydrogens is 1550 g/mol. The number of amides is 18. The van der Waals surface area contributed by atoms with Crippen molar-refractivity contribution in [2.45, 2.75) is 206 Å². The zero-order chi connectivity index (χ0) is 87.5. The summed E-state index contributed by atoms with van der Waals surface area (Å²) in [6.45, 7) is 12.9. The van der Waals surface area contributed by atoms with Crippen LogP contribution in [0, 0.1) is 28.6 Å². The third-order valence-electron chi connectivity index (χ3n) is 16.9. The Morgan fingerprint density at radius 2 is 0.791 bits per heavy atom. The van der Waals surface area contributed by atoms with Gasteiger partial charge in [-0.05, 0) is 76.2 Å². The molecule has 0 aliphatic rings. The summed E-state index contributed by atoms with van der Waals surface area (Å²) < 4.78 is 0. The van der Waals surface area contributed by atoms with E-state index in [1.807, 2.05) is 0 Å². The van der Waals surface area contributed by atoms with E-state index in [0.717, 1.165) is 0 Å². The molecule has 46 heteroatoms. The van der Waals surface area contributed by atoms with Crippen molar-refractivity contribution in [2.75, 3.05) is 44.2 Å². The minimum absolute atomic E-state index is 0.00794. The summed E-state index contributed by atoms with van der Waals surface area (Å²) in [5.74, 6) is -21.3. The zero-order valence-corrected chi connectivity index (χ0v) is 67.6. The van der Waals surface area contributed by atoms with E-state index < -0.39 is 241 Å². The van der Waals surface area contributed by atoms with Crippen molar-refractivity contribution in [3.8, 4) is 0 Å². The van der Waals surface area contributed by atoms with Crippen molar-refractivity contribution < 1.29 is 96.2 Å². The van der Waals surface area contributed by atoms with Gasteiger partial charge in [0.1, 0.15) is 78.5 Å². The lowest BCUT2D eigenvalue weighted by Crippen LogP contribution is -2.61.